The van der Waals surface area contributed by atoms with Gasteiger partial charge in [-0.05, 0) is 41.3 Å². The third-order valence-corrected chi connectivity index (χ3v) is 3.63. The summed E-state index contributed by atoms with van der Waals surface area (Å²) >= 11 is 0. The van der Waals surface area contributed by atoms with Gasteiger partial charge >= 0.3 is 0 Å². The second-order valence-corrected chi connectivity index (χ2v) is 5.96. The zero-order valence-electron chi connectivity index (χ0n) is 14.1. The molecule has 2 aromatic carbocycles. The van der Waals surface area contributed by atoms with Gasteiger partial charge in [0.1, 0.15) is 0 Å². The van der Waals surface area contributed by atoms with Crippen molar-refractivity contribution in [3.05, 3.63) is 65.2 Å². The first-order valence-electron chi connectivity index (χ1n) is 7.68. The summed E-state index contributed by atoms with van der Waals surface area (Å²) in [6.45, 7) is 4.32. The Morgan fingerprint density at radius 1 is 1.04 bits per heavy atom. The van der Waals surface area contributed by atoms with E-state index in [4.69, 9.17) is 0 Å². The van der Waals surface area contributed by atoms with E-state index in [9.17, 15) is 4.79 Å². The average molecular weight is 309 g/mol. The van der Waals surface area contributed by atoms with Crippen LogP contribution < -0.4 is 10.3 Å². The molecule has 1 N–H and O–H groups in total. The summed E-state index contributed by atoms with van der Waals surface area (Å²) in [5, 5.41) is 4.02. The number of rotatable bonds is 5. The molecule has 0 aliphatic rings. The quantitative estimate of drug-likeness (QED) is 0.677. The topological polar surface area (TPSA) is 44.7 Å². The summed E-state index contributed by atoms with van der Waals surface area (Å²) in [6, 6.07) is 15.5. The standard InChI is InChI=1S/C19H23N3O/c1-14(2)16-7-5-15(6-8-16)13-20-21-19(23)17-9-11-18(12-10-17)22(3)4/h5-14H,1-4H3,(H,21,23). The van der Waals surface area contributed by atoms with E-state index in [1.807, 2.05) is 43.3 Å². The van der Waals surface area contributed by atoms with E-state index in [1.54, 1.807) is 18.3 Å². The molecule has 0 fully saturated rings. The number of hydrazone groups is 1. The largest absolute Gasteiger partial charge is 0.378 e. The molecule has 0 saturated carbocycles. The van der Waals surface area contributed by atoms with Crippen LogP contribution >= 0.6 is 0 Å². The van der Waals surface area contributed by atoms with Crippen LogP contribution in [0.1, 0.15) is 41.3 Å². The minimum atomic E-state index is -0.217. The fourth-order valence-corrected chi connectivity index (χ4v) is 2.11. The Balaban J connectivity index is 1.95. The number of nitrogens with zero attached hydrogens (tertiary/aromatic N) is 2. The lowest BCUT2D eigenvalue weighted by Crippen LogP contribution is -2.17. The van der Waals surface area contributed by atoms with Gasteiger partial charge in [-0.3, -0.25) is 4.79 Å². The maximum absolute atomic E-state index is 12.0. The van der Waals surface area contributed by atoms with E-state index in [-0.39, 0.29) is 5.91 Å². The lowest BCUT2D eigenvalue weighted by Gasteiger charge is -2.12. The first kappa shape index (κ1) is 16.7. The number of benzene rings is 2. The van der Waals surface area contributed by atoms with Crippen molar-refractivity contribution < 1.29 is 4.79 Å². The molecule has 4 nitrogen and oxygen atoms in total. The van der Waals surface area contributed by atoms with Gasteiger partial charge in [-0.2, -0.15) is 5.10 Å². The molecule has 0 saturated heterocycles. The summed E-state index contributed by atoms with van der Waals surface area (Å²) in [5.74, 6) is 0.288. The van der Waals surface area contributed by atoms with Crippen LogP contribution in [-0.4, -0.2) is 26.2 Å². The van der Waals surface area contributed by atoms with Crippen LogP contribution in [0.4, 0.5) is 5.69 Å². The Bertz CT molecular complexity index is 671. The van der Waals surface area contributed by atoms with Crippen LogP contribution in [-0.2, 0) is 0 Å². The number of hydrogen-bond acceptors (Lipinski definition) is 3. The molecule has 4 heteroatoms. The Hall–Kier alpha value is -2.62. The van der Waals surface area contributed by atoms with E-state index >= 15 is 0 Å². The van der Waals surface area contributed by atoms with Gasteiger partial charge in [-0.15, -0.1) is 0 Å². The smallest absolute Gasteiger partial charge is 0.271 e. The summed E-state index contributed by atoms with van der Waals surface area (Å²) in [7, 11) is 3.92. The van der Waals surface area contributed by atoms with Crippen LogP contribution in [0.5, 0.6) is 0 Å². The van der Waals surface area contributed by atoms with Gasteiger partial charge in [0.2, 0.25) is 0 Å². The van der Waals surface area contributed by atoms with Crippen LogP contribution in [0.2, 0.25) is 0 Å². The van der Waals surface area contributed by atoms with Crippen LogP contribution in [0.25, 0.3) is 0 Å². The molecule has 0 heterocycles. The van der Waals surface area contributed by atoms with Gasteiger partial charge in [-0.1, -0.05) is 38.1 Å². The van der Waals surface area contributed by atoms with Gasteiger partial charge in [0.15, 0.2) is 0 Å². The summed E-state index contributed by atoms with van der Waals surface area (Å²) < 4.78 is 0. The monoisotopic (exact) mass is 309 g/mol. The zero-order valence-corrected chi connectivity index (χ0v) is 14.1. The summed E-state index contributed by atoms with van der Waals surface area (Å²) in [6.07, 6.45) is 1.65. The molecule has 120 valence electrons. The first-order chi connectivity index (χ1) is 11.0. The zero-order chi connectivity index (χ0) is 16.8. The van der Waals surface area contributed by atoms with Crippen molar-refractivity contribution in [2.45, 2.75) is 19.8 Å². The lowest BCUT2D eigenvalue weighted by atomic mass is 10.0. The summed E-state index contributed by atoms with van der Waals surface area (Å²) in [5.41, 5.74) is 6.43. The highest BCUT2D eigenvalue weighted by molar-refractivity contribution is 5.95. The van der Waals surface area contributed by atoms with Crippen molar-refractivity contribution in [1.29, 1.82) is 0 Å². The SMILES string of the molecule is CC(C)c1ccc(C=NNC(=O)c2ccc(N(C)C)cc2)cc1. The van der Waals surface area contributed by atoms with Gasteiger partial charge < -0.3 is 4.90 Å². The minimum Gasteiger partial charge on any atom is -0.378 e. The first-order valence-corrected chi connectivity index (χ1v) is 7.68. The molecule has 0 aliphatic carbocycles. The van der Waals surface area contributed by atoms with Crippen LogP contribution in [0.3, 0.4) is 0 Å². The number of nitrogens with one attached hydrogen (secondary N) is 1. The fraction of sp³-hybridized carbons (Fsp3) is 0.263. The highest BCUT2D eigenvalue weighted by Gasteiger charge is 2.04. The molecule has 0 atom stereocenters. The number of carbonyl (C=O) groups is 1. The molecule has 0 aromatic heterocycles. The Labute approximate surface area is 137 Å². The van der Waals surface area contributed by atoms with Crippen molar-refractivity contribution in [2.24, 2.45) is 5.10 Å². The number of anilines is 1. The minimum absolute atomic E-state index is 0.217. The Morgan fingerprint density at radius 3 is 2.17 bits per heavy atom. The Morgan fingerprint density at radius 2 is 1.65 bits per heavy atom. The normalized spacial score (nSPS) is 11.0. The van der Waals surface area contributed by atoms with Crippen molar-refractivity contribution >= 4 is 17.8 Å². The van der Waals surface area contributed by atoms with Crippen molar-refractivity contribution in [2.75, 3.05) is 19.0 Å². The number of amides is 1. The van der Waals surface area contributed by atoms with Crippen molar-refractivity contribution in [3.8, 4) is 0 Å². The predicted octanol–water partition coefficient (Wildman–Crippen LogP) is 3.64. The molecule has 0 radical (unpaired) electrons. The summed E-state index contributed by atoms with van der Waals surface area (Å²) in [4.78, 5) is 14.0. The Kier molecular flexibility index (Phi) is 5.52. The lowest BCUT2D eigenvalue weighted by molar-refractivity contribution is 0.0955. The molecule has 1 amide bonds. The second kappa shape index (κ2) is 7.58. The maximum Gasteiger partial charge on any atom is 0.271 e. The fourth-order valence-electron chi connectivity index (χ4n) is 2.11. The van der Waals surface area contributed by atoms with Crippen molar-refractivity contribution in [1.82, 2.24) is 5.43 Å². The highest BCUT2D eigenvalue weighted by atomic mass is 16.2. The maximum atomic E-state index is 12.0. The van der Waals surface area contributed by atoms with Crippen molar-refractivity contribution in [3.63, 3.8) is 0 Å². The third-order valence-electron chi connectivity index (χ3n) is 3.63. The van der Waals surface area contributed by atoms with Gasteiger partial charge in [0.05, 0.1) is 6.21 Å². The number of carbonyl (C=O) groups excluding carboxylic acids is 1. The molecular formula is C19H23N3O. The molecule has 2 aromatic rings. The number of hydrogen-bond donors (Lipinski definition) is 1. The third kappa shape index (κ3) is 4.68. The van der Waals surface area contributed by atoms with Gasteiger partial charge in [0, 0.05) is 25.3 Å². The highest BCUT2D eigenvalue weighted by Crippen LogP contribution is 2.14. The average Bonchev–Trinajstić information content (AvgIpc) is 2.55. The molecular weight excluding hydrogens is 286 g/mol. The molecule has 0 bridgehead atoms. The van der Waals surface area contributed by atoms with Crippen LogP contribution in [0.15, 0.2) is 53.6 Å². The van der Waals surface area contributed by atoms with E-state index in [0.29, 0.717) is 11.5 Å². The molecule has 0 aliphatic heterocycles. The van der Waals surface area contributed by atoms with Gasteiger partial charge in [-0.25, -0.2) is 5.43 Å². The predicted molar refractivity (Wildman–Crippen MR) is 96.4 cm³/mol. The van der Waals surface area contributed by atoms with E-state index < -0.39 is 0 Å². The van der Waals surface area contributed by atoms with E-state index in [1.165, 1.54) is 5.56 Å². The second-order valence-electron chi connectivity index (χ2n) is 5.96. The van der Waals surface area contributed by atoms with E-state index in [0.717, 1.165) is 11.3 Å². The van der Waals surface area contributed by atoms with Crippen LogP contribution in [0, 0.1) is 0 Å². The van der Waals surface area contributed by atoms with Gasteiger partial charge in [0.25, 0.3) is 5.91 Å². The van der Waals surface area contributed by atoms with E-state index in [2.05, 4.69) is 36.5 Å². The molecule has 0 unspecified atom stereocenters. The molecule has 23 heavy (non-hydrogen) atoms. The molecule has 0 spiro atoms. The molecule has 2 rings (SSSR count).